The number of nitrogens with zero attached hydrogens (tertiary/aromatic N) is 4. The highest BCUT2D eigenvalue weighted by molar-refractivity contribution is 5.95. The van der Waals surface area contributed by atoms with Gasteiger partial charge < -0.3 is 20.3 Å². The molecule has 5 rings (SSSR count). The number of likely N-dealkylation sites (N-methyl/N-ethyl adjacent to an activating group) is 1. The van der Waals surface area contributed by atoms with Crippen molar-refractivity contribution >= 4 is 11.6 Å². The van der Waals surface area contributed by atoms with Gasteiger partial charge in [0.1, 0.15) is 5.82 Å². The molecule has 0 spiro atoms. The van der Waals surface area contributed by atoms with E-state index in [9.17, 15) is 9.18 Å². The normalized spacial score (nSPS) is 20.1. The summed E-state index contributed by atoms with van der Waals surface area (Å²) in [6, 6.07) is 5.40. The van der Waals surface area contributed by atoms with Gasteiger partial charge >= 0.3 is 0 Å². The number of piperidine rings is 1. The molecule has 1 saturated carbocycles. The second-order valence-electron chi connectivity index (χ2n) is 9.93. The van der Waals surface area contributed by atoms with Crippen LogP contribution in [0.1, 0.15) is 49.0 Å². The number of aromatic nitrogens is 3. The molecule has 37 heavy (non-hydrogen) atoms. The number of carbonyl (C=O) groups is 1. The van der Waals surface area contributed by atoms with Crippen LogP contribution in [0.5, 0.6) is 0 Å². The third-order valence-electron chi connectivity index (χ3n) is 7.17. The van der Waals surface area contributed by atoms with Gasteiger partial charge in [0, 0.05) is 55.5 Å². The van der Waals surface area contributed by atoms with Crippen LogP contribution in [0.2, 0.25) is 0 Å². The van der Waals surface area contributed by atoms with Crippen molar-refractivity contribution in [2.24, 2.45) is 0 Å². The minimum Gasteiger partial charge on any atom is -0.378 e. The first-order chi connectivity index (χ1) is 17.9. The smallest absolute Gasteiger partial charge is 0.254 e. The Hall–Kier alpha value is -3.30. The molecule has 196 valence electrons. The first kappa shape index (κ1) is 25.4. The summed E-state index contributed by atoms with van der Waals surface area (Å²) in [6.07, 6.45) is 10.3. The third-order valence-corrected chi connectivity index (χ3v) is 7.17. The Labute approximate surface area is 217 Å². The number of halogens is 1. The van der Waals surface area contributed by atoms with Gasteiger partial charge in [-0.15, -0.1) is 0 Å². The van der Waals surface area contributed by atoms with Gasteiger partial charge in [-0.05, 0) is 63.4 Å². The van der Waals surface area contributed by atoms with Crippen LogP contribution in [0.15, 0.2) is 43.0 Å². The maximum Gasteiger partial charge on any atom is 0.254 e. The number of aryl methyl sites for hydroxylation is 1. The van der Waals surface area contributed by atoms with E-state index in [1.165, 1.54) is 6.07 Å². The molecule has 0 radical (unpaired) electrons. The van der Waals surface area contributed by atoms with Crippen LogP contribution >= 0.6 is 0 Å². The average Bonchev–Trinajstić information content (AvgIpc) is 3.57. The number of rotatable bonds is 9. The molecule has 2 fully saturated rings. The van der Waals surface area contributed by atoms with Crippen molar-refractivity contribution in [3.8, 4) is 16.8 Å². The summed E-state index contributed by atoms with van der Waals surface area (Å²) in [5, 5.41) is 11.0. The number of likely N-dealkylation sites (tertiary alicyclic amines) is 1. The average molecular weight is 507 g/mol. The van der Waals surface area contributed by atoms with E-state index < -0.39 is 5.82 Å². The number of pyridine rings is 1. The Morgan fingerprint density at radius 2 is 1.97 bits per heavy atom. The highest BCUT2D eigenvalue weighted by Crippen LogP contribution is 2.27. The van der Waals surface area contributed by atoms with Crippen molar-refractivity contribution in [1.29, 1.82) is 0 Å². The Bertz CT molecular complexity index is 1260. The van der Waals surface area contributed by atoms with Gasteiger partial charge in [-0.25, -0.2) is 9.07 Å². The van der Waals surface area contributed by atoms with Crippen molar-refractivity contribution in [1.82, 2.24) is 25.0 Å². The van der Waals surface area contributed by atoms with Gasteiger partial charge in [0.15, 0.2) is 0 Å². The van der Waals surface area contributed by atoms with E-state index in [2.05, 4.69) is 38.6 Å². The van der Waals surface area contributed by atoms with Crippen molar-refractivity contribution in [2.45, 2.75) is 58.2 Å². The lowest BCUT2D eigenvalue weighted by atomic mass is 10.0. The quantitative estimate of drug-likeness (QED) is 0.453. The van der Waals surface area contributed by atoms with E-state index in [1.807, 2.05) is 26.2 Å². The summed E-state index contributed by atoms with van der Waals surface area (Å²) in [5.74, 6) is -0.906. The summed E-state index contributed by atoms with van der Waals surface area (Å²) < 4.78 is 22.3. The molecule has 3 aromatic rings. The van der Waals surface area contributed by atoms with E-state index in [-0.39, 0.29) is 29.7 Å². The summed E-state index contributed by atoms with van der Waals surface area (Å²) in [5.41, 5.74) is 4.13. The molecule has 1 aromatic carbocycles. The van der Waals surface area contributed by atoms with Gasteiger partial charge in [0.05, 0.1) is 35.3 Å². The molecule has 0 unspecified atom stereocenters. The number of nitrogens with one attached hydrogen (secondary N) is 2. The molecule has 1 aliphatic heterocycles. The van der Waals surface area contributed by atoms with Gasteiger partial charge in [-0.1, -0.05) is 6.92 Å². The topological polar surface area (TPSA) is 84.3 Å². The molecule has 2 aliphatic rings. The number of amides is 1. The minimum absolute atomic E-state index is 0.0374. The van der Waals surface area contributed by atoms with E-state index in [4.69, 9.17) is 4.74 Å². The van der Waals surface area contributed by atoms with Crippen molar-refractivity contribution in [3.05, 3.63) is 59.9 Å². The molecule has 8 nitrogen and oxygen atoms in total. The Morgan fingerprint density at radius 1 is 1.14 bits per heavy atom. The lowest BCUT2D eigenvalue weighted by Gasteiger charge is -2.38. The molecule has 1 aliphatic carbocycles. The molecule has 2 aromatic heterocycles. The Kier molecular flexibility index (Phi) is 7.53. The molecule has 1 saturated heterocycles. The standard InChI is InChI=1S/C28H35FN6O2/c1-4-34-9-8-25(27(17-34)37-5-2)32-22-11-19(13-30-15-22)20-14-31-35(16-20)26-12-23(24(29)10-18(26)3)28(36)33-21-6-7-21/h10-16,21,25,27,32H,4-9,17H2,1-3H3,(H,33,36)/t25-,27+/m0/s1. The van der Waals surface area contributed by atoms with Crippen LogP contribution in [0.3, 0.4) is 0 Å². The molecule has 3 heterocycles. The van der Waals surface area contributed by atoms with Crippen LogP contribution in [-0.2, 0) is 4.74 Å². The molecule has 9 heteroatoms. The summed E-state index contributed by atoms with van der Waals surface area (Å²) in [4.78, 5) is 19.4. The van der Waals surface area contributed by atoms with Gasteiger partial charge in [-0.3, -0.25) is 9.78 Å². The first-order valence-corrected chi connectivity index (χ1v) is 13.2. The number of hydrogen-bond acceptors (Lipinski definition) is 6. The van der Waals surface area contributed by atoms with Crippen LogP contribution in [0.4, 0.5) is 10.1 Å². The fourth-order valence-corrected chi connectivity index (χ4v) is 4.88. The second kappa shape index (κ2) is 11.0. The largest absolute Gasteiger partial charge is 0.378 e. The molecule has 2 N–H and O–H groups in total. The van der Waals surface area contributed by atoms with Gasteiger partial charge in [0.2, 0.25) is 0 Å². The zero-order valence-electron chi connectivity index (χ0n) is 21.7. The number of hydrogen-bond donors (Lipinski definition) is 2. The molecular weight excluding hydrogens is 471 g/mol. The second-order valence-corrected chi connectivity index (χ2v) is 9.93. The highest BCUT2D eigenvalue weighted by atomic mass is 19.1. The van der Waals surface area contributed by atoms with Crippen LogP contribution in [-0.4, -0.2) is 70.0 Å². The van der Waals surface area contributed by atoms with Crippen molar-refractivity contribution in [2.75, 3.05) is 31.6 Å². The predicted octanol–water partition coefficient (Wildman–Crippen LogP) is 4.19. The fraction of sp³-hybridized carbons (Fsp3) is 0.464. The molecular formula is C28H35FN6O2. The van der Waals surface area contributed by atoms with E-state index in [0.717, 1.165) is 55.7 Å². The van der Waals surface area contributed by atoms with E-state index in [0.29, 0.717) is 17.9 Å². The highest BCUT2D eigenvalue weighted by Gasteiger charge is 2.29. The monoisotopic (exact) mass is 506 g/mol. The lowest BCUT2D eigenvalue weighted by Crippen LogP contribution is -2.50. The summed E-state index contributed by atoms with van der Waals surface area (Å²) >= 11 is 0. The zero-order valence-corrected chi connectivity index (χ0v) is 21.7. The number of anilines is 1. The number of benzene rings is 1. The number of ether oxygens (including phenoxy) is 1. The van der Waals surface area contributed by atoms with Crippen molar-refractivity contribution in [3.63, 3.8) is 0 Å². The Balaban J connectivity index is 1.35. The molecule has 0 bridgehead atoms. The third kappa shape index (κ3) is 5.83. The molecule has 2 atom stereocenters. The maximum absolute atomic E-state index is 14.6. The van der Waals surface area contributed by atoms with Crippen LogP contribution < -0.4 is 10.6 Å². The zero-order chi connectivity index (χ0) is 25.9. The molecule has 1 amide bonds. The van der Waals surface area contributed by atoms with Gasteiger partial charge in [0.25, 0.3) is 5.91 Å². The summed E-state index contributed by atoms with van der Waals surface area (Å²) in [6.45, 7) is 9.69. The van der Waals surface area contributed by atoms with Gasteiger partial charge in [-0.2, -0.15) is 5.10 Å². The Morgan fingerprint density at radius 3 is 2.73 bits per heavy atom. The SMILES string of the molecule is CCO[C@@H]1CN(CC)CC[C@@H]1Nc1cncc(-c2cnn(-c3cc(C(=O)NC4CC4)c(F)cc3C)c2)c1. The van der Waals surface area contributed by atoms with Crippen LogP contribution in [0, 0.1) is 12.7 Å². The van der Waals surface area contributed by atoms with E-state index >= 15 is 0 Å². The summed E-state index contributed by atoms with van der Waals surface area (Å²) in [7, 11) is 0. The number of carbonyl (C=O) groups excluding carboxylic acids is 1. The van der Waals surface area contributed by atoms with E-state index in [1.54, 1.807) is 23.1 Å². The predicted molar refractivity (Wildman–Crippen MR) is 142 cm³/mol. The fourth-order valence-electron chi connectivity index (χ4n) is 4.88. The minimum atomic E-state index is -0.523. The lowest BCUT2D eigenvalue weighted by molar-refractivity contribution is -0.000767. The van der Waals surface area contributed by atoms with Crippen molar-refractivity contribution < 1.29 is 13.9 Å². The maximum atomic E-state index is 14.6. The van der Waals surface area contributed by atoms with Crippen LogP contribution in [0.25, 0.3) is 16.8 Å². The first-order valence-electron chi connectivity index (χ1n) is 13.2.